The maximum absolute atomic E-state index is 3.63. The van der Waals surface area contributed by atoms with Crippen molar-refractivity contribution in [1.82, 2.24) is 5.32 Å². The van der Waals surface area contributed by atoms with Crippen molar-refractivity contribution >= 4 is 18.5 Å². The number of benzene rings is 1. The van der Waals surface area contributed by atoms with E-state index >= 15 is 0 Å². The molecule has 1 aromatic carbocycles. The molecule has 1 rings (SSSR count). The van der Waals surface area contributed by atoms with Crippen LogP contribution in [0.15, 0.2) is 49.1 Å². The van der Waals surface area contributed by atoms with E-state index in [0.717, 1.165) is 13.1 Å². The van der Waals surface area contributed by atoms with Gasteiger partial charge in [-0.1, -0.05) is 48.6 Å². The molecule has 0 heterocycles. The van der Waals surface area contributed by atoms with Gasteiger partial charge in [-0.2, -0.15) is 0 Å². The average molecular weight is 210 g/mol. The Morgan fingerprint density at radius 2 is 1.86 bits per heavy atom. The topological polar surface area (TPSA) is 12.0 Å². The molecule has 0 amide bonds. The summed E-state index contributed by atoms with van der Waals surface area (Å²) in [6.45, 7) is 5.38. The predicted molar refractivity (Wildman–Crippen MR) is 65.8 cm³/mol. The highest BCUT2D eigenvalue weighted by molar-refractivity contribution is 5.85. The molecule has 0 aliphatic heterocycles. The van der Waals surface area contributed by atoms with Gasteiger partial charge in [0, 0.05) is 13.1 Å². The van der Waals surface area contributed by atoms with Crippen molar-refractivity contribution in [1.29, 1.82) is 0 Å². The van der Waals surface area contributed by atoms with Crippen molar-refractivity contribution < 1.29 is 0 Å². The molecule has 14 heavy (non-hydrogen) atoms. The summed E-state index contributed by atoms with van der Waals surface area (Å²) in [5.41, 5.74) is 1.24. The second-order valence-electron chi connectivity index (χ2n) is 2.76. The lowest BCUT2D eigenvalue weighted by molar-refractivity contribution is 0.846. The highest BCUT2D eigenvalue weighted by Crippen LogP contribution is 1.99. The zero-order chi connectivity index (χ0) is 9.36. The lowest BCUT2D eigenvalue weighted by Gasteiger charge is -1.94. The van der Waals surface area contributed by atoms with Gasteiger partial charge in [0.2, 0.25) is 0 Å². The van der Waals surface area contributed by atoms with Crippen LogP contribution in [0.3, 0.4) is 0 Å². The molecule has 0 spiro atoms. The molecule has 1 nitrogen and oxygen atoms in total. The monoisotopic (exact) mass is 209 g/mol. The minimum Gasteiger partial charge on any atom is -0.310 e. The van der Waals surface area contributed by atoms with Gasteiger partial charge in [0.1, 0.15) is 0 Å². The Hall–Kier alpha value is -1.05. The molecule has 0 aliphatic rings. The summed E-state index contributed by atoms with van der Waals surface area (Å²) < 4.78 is 0. The minimum atomic E-state index is 0. The Balaban J connectivity index is 0.00000169. The summed E-state index contributed by atoms with van der Waals surface area (Å²) in [6, 6.07) is 10.3. The third-order valence-corrected chi connectivity index (χ3v) is 1.66. The summed E-state index contributed by atoms with van der Waals surface area (Å²) in [5.74, 6) is 0. The molecular formula is C12H16ClN. The molecule has 0 saturated heterocycles. The van der Waals surface area contributed by atoms with Gasteiger partial charge in [0.15, 0.2) is 0 Å². The Morgan fingerprint density at radius 1 is 1.14 bits per heavy atom. The zero-order valence-corrected chi connectivity index (χ0v) is 8.96. The number of hydrogen-bond donors (Lipinski definition) is 1. The summed E-state index contributed by atoms with van der Waals surface area (Å²) in [5, 5.41) is 3.20. The van der Waals surface area contributed by atoms with Crippen molar-refractivity contribution in [2.75, 3.05) is 13.1 Å². The van der Waals surface area contributed by atoms with Crippen molar-refractivity contribution in [2.45, 2.75) is 0 Å². The molecule has 0 saturated carbocycles. The van der Waals surface area contributed by atoms with Crippen molar-refractivity contribution in [3.8, 4) is 0 Å². The molecule has 0 fully saturated rings. The smallest absolute Gasteiger partial charge is 0.0141 e. The first kappa shape index (κ1) is 12.9. The third-order valence-electron chi connectivity index (χ3n) is 1.66. The summed E-state index contributed by atoms with van der Waals surface area (Å²) >= 11 is 0. The van der Waals surface area contributed by atoms with Gasteiger partial charge in [-0.05, 0) is 5.56 Å². The number of rotatable bonds is 5. The van der Waals surface area contributed by atoms with E-state index in [1.54, 1.807) is 0 Å². The van der Waals surface area contributed by atoms with Crippen LogP contribution >= 0.6 is 12.4 Å². The van der Waals surface area contributed by atoms with Crippen LogP contribution in [0, 0.1) is 0 Å². The van der Waals surface area contributed by atoms with Crippen LogP contribution in [0.25, 0.3) is 6.08 Å². The van der Waals surface area contributed by atoms with Crippen LogP contribution in [-0.2, 0) is 0 Å². The molecule has 1 aromatic rings. The summed E-state index contributed by atoms with van der Waals surface area (Å²) in [6.07, 6.45) is 6.07. The largest absolute Gasteiger partial charge is 0.310 e. The van der Waals surface area contributed by atoms with Gasteiger partial charge in [-0.15, -0.1) is 19.0 Å². The minimum absolute atomic E-state index is 0. The Morgan fingerprint density at radius 3 is 2.50 bits per heavy atom. The lowest BCUT2D eigenvalue weighted by Crippen LogP contribution is -2.12. The highest BCUT2D eigenvalue weighted by atomic mass is 35.5. The molecule has 0 unspecified atom stereocenters. The van der Waals surface area contributed by atoms with Crippen LogP contribution in [0.1, 0.15) is 5.56 Å². The van der Waals surface area contributed by atoms with Gasteiger partial charge in [-0.3, -0.25) is 0 Å². The van der Waals surface area contributed by atoms with Gasteiger partial charge in [0.05, 0.1) is 0 Å². The van der Waals surface area contributed by atoms with Gasteiger partial charge in [0.25, 0.3) is 0 Å². The Labute approximate surface area is 91.9 Å². The third kappa shape index (κ3) is 5.57. The van der Waals surface area contributed by atoms with Crippen LogP contribution in [0.5, 0.6) is 0 Å². The summed E-state index contributed by atoms with van der Waals surface area (Å²) in [4.78, 5) is 0. The van der Waals surface area contributed by atoms with E-state index in [9.17, 15) is 0 Å². The maximum atomic E-state index is 3.63. The predicted octanol–water partition coefficient (Wildman–Crippen LogP) is 2.90. The quantitative estimate of drug-likeness (QED) is 0.581. The fourth-order valence-electron chi connectivity index (χ4n) is 1.03. The van der Waals surface area contributed by atoms with E-state index in [0.29, 0.717) is 0 Å². The first-order valence-electron chi connectivity index (χ1n) is 4.46. The first-order chi connectivity index (χ1) is 6.43. The molecule has 0 atom stereocenters. The van der Waals surface area contributed by atoms with Gasteiger partial charge >= 0.3 is 0 Å². The van der Waals surface area contributed by atoms with E-state index in [1.165, 1.54) is 5.56 Å². The van der Waals surface area contributed by atoms with E-state index in [4.69, 9.17) is 0 Å². The van der Waals surface area contributed by atoms with Crippen molar-refractivity contribution in [3.63, 3.8) is 0 Å². The normalized spacial score (nSPS) is 9.71. The van der Waals surface area contributed by atoms with Crippen molar-refractivity contribution in [2.24, 2.45) is 0 Å². The molecule has 0 radical (unpaired) electrons. The average Bonchev–Trinajstić information content (AvgIpc) is 2.19. The zero-order valence-electron chi connectivity index (χ0n) is 8.15. The second kappa shape index (κ2) is 8.54. The fourth-order valence-corrected chi connectivity index (χ4v) is 1.03. The van der Waals surface area contributed by atoms with Crippen LogP contribution in [-0.4, -0.2) is 13.1 Å². The molecule has 1 N–H and O–H groups in total. The van der Waals surface area contributed by atoms with Crippen molar-refractivity contribution in [3.05, 3.63) is 54.6 Å². The number of hydrogen-bond acceptors (Lipinski definition) is 1. The molecule has 0 aromatic heterocycles. The van der Waals surface area contributed by atoms with Crippen LogP contribution in [0.4, 0.5) is 0 Å². The Kier molecular flexibility index (Phi) is 7.90. The Bertz CT molecular complexity index is 267. The molecule has 76 valence electrons. The van der Waals surface area contributed by atoms with Crippen LogP contribution < -0.4 is 5.32 Å². The van der Waals surface area contributed by atoms with Crippen LogP contribution in [0.2, 0.25) is 0 Å². The van der Waals surface area contributed by atoms with E-state index in [2.05, 4.69) is 36.2 Å². The summed E-state index contributed by atoms with van der Waals surface area (Å²) in [7, 11) is 0. The van der Waals surface area contributed by atoms with E-state index < -0.39 is 0 Å². The molecular weight excluding hydrogens is 194 g/mol. The van der Waals surface area contributed by atoms with E-state index in [-0.39, 0.29) is 12.4 Å². The molecule has 0 aliphatic carbocycles. The first-order valence-corrected chi connectivity index (χ1v) is 4.46. The molecule has 0 bridgehead atoms. The number of nitrogens with one attached hydrogen (secondary N) is 1. The molecule has 2 heteroatoms. The lowest BCUT2D eigenvalue weighted by atomic mass is 10.2. The van der Waals surface area contributed by atoms with Gasteiger partial charge in [-0.25, -0.2) is 0 Å². The SMILES string of the molecule is C=CCNCC=Cc1ccccc1.Cl. The fraction of sp³-hybridized carbons (Fsp3) is 0.167. The second-order valence-corrected chi connectivity index (χ2v) is 2.76. The highest BCUT2D eigenvalue weighted by Gasteiger charge is 1.81. The number of halogens is 1. The van der Waals surface area contributed by atoms with E-state index in [1.807, 2.05) is 24.3 Å². The standard InChI is InChI=1S/C12H15N.ClH/c1-2-10-13-11-6-9-12-7-4-3-5-8-12;/h2-9,13H,1,10-11H2;1H. The van der Waals surface area contributed by atoms with Gasteiger partial charge < -0.3 is 5.32 Å². The maximum Gasteiger partial charge on any atom is 0.0141 e.